The van der Waals surface area contributed by atoms with E-state index in [9.17, 15) is 15.0 Å². The number of halogens is 1. The molecule has 3 N–H and O–H groups in total. The van der Waals surface area contributed by atoms with E-state index >= 15 is 0 Å². The maximum atomic E-state index is 12.6. The smallest absolute Gasteiger partial charge is 0.223 e. The van der Waals surface area contributed by atoms with E-state index in [1.54, 1.807) is 12.4 Å². The Morgan fingerprint density at radius 1 is 1.30 bits per heavy atom. The van der Waals surface area contributed by atoms with Crippen LogP contribution in [0.4, 0.5) is 5.69 Å². The molecule has 0 unspecified atom stereocenters. The van der Waals surface area contributed by atoms with Gasteiger partial charge in [-0.15, -0.1) is 0 Å². The fourth-order valence-electron chi connectivity index (χ4n) is 4.56. The van der Waals surface area contributed by atoms with Gasteiger partial charge in [-0.25, -0.2) is 4.98 Å². The second-order valence-corrected chi connectivity index (χ2v) is 9.48. The zero-order chi connectivity index (χ0) is 26.5. The zero-order valence-electron chi connectivity index (χ0n) is 20.9. The van der Waals surface area contributed by atoms with Crippen molar-refractivity contribution in [1.29, 1.82) is 0 Å². The molecule has 0 saturated heterocycles. The number of hydrogen-bond donors (Lipinski definition) is 3. The number of benzene rings is 1. The van der Waals surface area contributed by atoms with Gasteiger partial charge in [-0.1, -0.05) is 36.4 Å². The summed E-state index contributed by atoms with van der Waals surface area (Å²) in [6.07, 6.45) is 7.53. The monoisotopic (exact) mass is 522 g/mol. The third-order valence-corrected chi connectivity index (χ3v) is 6.81. The molecule has 0 spiro atoms. The van der Waals surface area contributed by atoms with Gasteiger partial charge in [0.1, 0.15) is 17.9 Å². The fourth-order valence-corrected chi connectivity index (χ4v) is 4.79. The second-order valence-electron chi connectivity index (χ2n) is 9.08. The Morgan fingerprint density at radius 3 is 2.76 bits per heavy atom. The van der Waals surface area contributed by atoms with Crippen LogP contribution in [0.2, 0.25) is 5.02 Å². The highest BCUT2D eigenvalue weighted by molar-refractivity contribution is 6.31. The van der Waals surface area contributed by atoms with Gasteiger partial charge in [0.2, 0.25) is 5.91 Å². The SMILES string of the molecule is C=CN(/C=C\C)c1cc(C)nc2c(OCc3c(Cl)cncc3CNC(=O)C3C[C@@H](O)[C@H](O)C3)cccc12. The molecule has 0 radical (unpaired) electrons. The highest BCUT2D eigenvalue weighted by Gasteiger charge is 2.35. The summed E-state index contributed by atoms with van der Waals surface area (Å²) in [4.78, 5) is 23.4. The van der Waals surface area contributed by atoms with Gasteiger partial charge in [-0.05, 0) is 44.4 Å². The summed E-state index contributed by atoms with van der Waals surface area (Å²) in [5, 5.41) is 23.7. The van der Waals surface area contributed by atoms with Crippen molar-refractivity contribution in [3.05, 3.63) is 83.6 Å². The molecule has 0 aliphatic heterocycles. The van der Waals surface area contributed by atoms with Gasteiger partial charge in [0.25, 0.3) is 0 Å². The minimum atomic E-state index is -0.873. The number of aryl methyl sites for hydroxylation is 1. The molecular formula is C28H31ClN4O4. The van der Waals surface area contributed by atoms with Crippen LogP contribution < -0.4 is 15.0 Å². The lowest BCUT2D eigenvalue weighted by atomic mass is 10.1. The number of anilines is 1. The first-order chi connectivity index (χ1) is 17.8. The van der Waals surface area contributed by atoms with E-state index in [0.717, 1.165) is 22.3 Å². The lowest BCUT2D eigenvalue weighted by Crippen LogP contribution is -2.30. The number of para-hydroxylation sites is 1. The van der Waals surface area contributed by atoms with Crippen LogP contribution in [-0.2, 0) is 17.9 Å². The number of pyridine rings is 2. The van der Waals surface area contributed by atoms with Crippen LogP contribution in [0.1, 0.15) is 36.6 Å². The Kier molecular flexibility index (Phi) is 8.43. The van der Waals surface area contributed by atoms with Crippen LogP contribution in [-0.4, -0.2) is 38.3 Å². The van der Waals surface area contributed by atoms with E-state index in [0.29, 0.717) is 21.9 Å². The van der Waals surface area contributed by atoms with Crippen molar-refractivity contribution in [3.8, 4) is 5.75 Å². The molecule has 1 amide bonds. The first-order valence-electron chi connectivity index (χ1n) is 12.1. The third-order valence-electron chi connectivity index (χ3n) is 6.48. The molecular weight excluding hydrogens is 492 g/mol. The molecule has 2 heterocycles. The minimum Gasteiger partial charge on any atom is -0.487 e. The Balaban J connectivity index is 1.55. The quantitative estimate of drug-likeness (QED) is 0.382. The zero-order valence-corrected chi connectivity index (χ0v) is 21.7. The second kappa shape index (κ2) is 11.7. The molecule has 1 aliphatic rings. The van der Waals surface area contributed by atoms with Gasteiger partial charge in [-0.2, -0.15) is 0 Å². The molecule has 3 aromatic rings. The number of rotatable bonds is 9. The van der Waals surface area contributed by atoms with E-state index in [4.69, 9.17) is 21.3 Å². The van der Waals surface area contributed by atoms with Crippen molar-refractivity contribution in [2.75, 3.05) is 4.90 Å². The van der Waals surface area contributed by atoms with E-state index in [2.05, 4.69) is 16.9 Å². The summed E-state index contributed by atoms with van der Waals surface area (Å²) in [5.41, 5.74) is 3.91. The van der Waals surface area contributed by atoms with Crippen LogP contribution in [0.3, 0.4) is 0 Å². The maximum Gasteiger partial charge on any atom is 0.223 e. The third kappa shape index (κ3) is 5.93. The molecule has 1 aliphatic carbocycles. The maximum absolute atomic E-state index is 12.6. The summed E-state index contributed by atoms with van der Waals surface area (Å²) in [7, 11) is 0. The van der Waals surface area contributed by atoms with E-state index in [1.165, 1.54) is 6.20 Å². The lowest BCUT2D eigenvalue weighted by Gasteiger charge is -2.19. The molecule has 1 aromatic carbocycles. The standard InChI is InChI=1S/C28H31ClN4O4/c1-4-9-33(5-2)23-10-17(3)32-27-20(23)7-6-8-26(27)37-16-21-19(13-30-15-22(21)29)14-31-28(36)18-11-24(34)25(35)12-18/h4-10,13,15,18,24-25,34-35H,2,11-12,14,16H2,1,3H3,(H,31,36)/b9-4-/t24-,25-/m1/s1. The molecule has 0 bridgehead atoms. The van der Waals surface area contributed by atoms with Crippen molar-refractivity contribution < 1.29 is 19.7 Å². The van der Waals surface area contributed by atoms with Gasteiger partial charge < -0.3 is 25.2 Å². The normalized spacial score (nSPS) is 17.9. The number of carbonyl (C=O) groups excluding carboxylic acids is 1. The average molecular weight is 523 g/mol. The predicted octanol–water partition coefficient (Wildman–Crippen LogP) is 4.40. The van der Waals surface area contributed by atoms with Gasteiger partial charge in [-0.3, -0.25) is 9.78 Å². The number of nitrogens with zero attached hydrogens (tertiary/aromatic N) is 3. The molecule has 37 heavy (non-hydrogen) atoms. The molecule has 2 aromatic heterocycles. The van der Waals surface area contributed by atoms with Gasteiger partial charge in [0.05, 0.1) is 22.9 Å². The number of aromatic nitrogens is 2. The van der Waals surface area contributed by atoms with Gasteiger partial charge in [0, 0.05) is 53.9 Å². The number of carbonyl (C=O) groups is 1. The highest BCUT2D eigenvalue weighted by atomic mass is 35.5. The van der Waals surface area contributed by atoms with Crippen molar-refractivity contribution in [1.82, 2.24) is 15.3 Å². The number of ether oxygens (including phenoxy) is 1. The number of aliphatic hydroxyl groups is 2. The summed E-state index contributed by atoms with van der Waals surface area (Å²) >= 11 is 6.48. The Bertz CT molecular complexity index is 1320. The molecule has 194 valence electrons. The highest BCUT2D eigenvalue weighted by Crippen LogP contribution is 2.34. The molecule has 9 heteroatoms. The van der Waals surface area contributed by atoms with Crippen molar-refractivity contribution >= 4 is 34.1 Å². The van der Waals surface area contributed by atoms with Gasteiger partial charge >= 0.3 is 0 Å². The number of allylic oxidation sites excluding steroid dienone is 1. The van der Waals surface area contributed by atoms with Crippen LogP contribution >= 0.6 is 11.6 Å². The summed E-state index contributed by atoms with van der Waals surface area (Å²) < 4.78 is 6.23. The molecule has 2 atom stereocenters. The largest absolute Gasteiger partial charge is 0.487 e. The summed E-state index contributed by atoms with van der Waals surface area (Å²) in [5.74, 6) is -0.0611. The lowest BCUT2D eigenvalue weighted by molar-refractivity contribution is -0.125. The average Bonchev–Trinajstić information content (AvgIpc) is 3.23. The minimum absolute atomic E-state index is 0.150. The van der Waals surface area contributed by atoms with Crippen LogP contribution in [0.5, 0.6) is 5.75 Å². The Labute approximate surface area is 221 Å². The molecule has 8 nitrogen and oxygen atoms in total. The van der Waals surface area contributed by atoms with E-state index < -0.39 is 18.1 Å². The number of fused-ring (bicyclic) bond motifs is 1. The molecule has 1 fully saturated rings. The van der Waals surface area contributed by atoms with Crippen molar-refractivity contribution in [3.63, 3.8) is 0 Å². The summed E-state index contributed by atoms with van der Waals surface area (Å²) in [6, 6.07) is 7.76. The number of hydrogen-bond acceptors (Lipinski definition) is 7. The summed E-state index contributed by atoms with van der Waals surface area (Å²) in [6.45, 7) is 8.14. The molecule has 4 rings (SSSR count). The first-order valence-corrected chi connectivity index (χ1v) is 12.5. The fraction of sp³-hybridized carbons (Fsp3) is 0.321. The van der Waals surface area contributed by atoms with Crippen molar-refractivity contribution in [2.24, 2.45) is 5.92 Å². The Hall–Kier alpha value is -3.46. The predicted molar refractivity (Wildman–Crippen MR) is 144 cm³/mol. The molecule has 1 saturated carbocycles. The topological polar surface area (TPSA) is 108 Å². The van der Waals surface area contributed by atoms with Crippen LogP contribution in [0.15, 0.2) is 61.7 Å². The van der Waals surface area contributed by atoms with E-state index in [1.807, 2.05) is 55.3 Å². The number of amides is 1. The number of nitrogens with one attached hydrogen (secondary N) is 1. The van der Waals surface area contributed by atoms with Crippen LogP contribution in [0, 0.1) is 12.8 Å². The first kappa shape index (κ1) is 26.6. The Morgan fingerprint density at radius 2 is 2.05 bits per heavy atom. The number of aliphatic hydroxyl groups excluding tert-OH is 2. The van der Waals surface area contributed by atoms with Gasteiger partial charge in [0.15, 0.2) is 0 Å². The van der Waals surface area contributed by atoms with Crippen molar-refractivity contribution in [2.45, 2.75) is 52.0 Å². The van der Waals surface area contributed by atoms with Crippen LogP contribution in [0.25, 0.3) is 10.9 Å². The van der Waals surface area contributed by atoms with E-state index in [-0.39, 0.29) is 31.9 Å².